The number of hydrogen-bond acceptors (Lipinski definition) is 3. The summed E-state index contributed by atoms with van der Waals surface area (Å²) in [5, 5.41) is 0.669. The van der Waals surface area contributed by atoms with Gasteiger partial charge in [0.15, 0.2) is 0 Å². The molecule has 4 heteroatoms. The van der Waals surface area contributed by atoms with Gasteiger partial charge in [0.05, 0.1) is 5.39 Å². The van der Waals surface area contributed by atoms with Crippen LogP contribution in [0.4, 0.5) is 5.88 Å². The van der Waals surface area contributed by atoms with Crippen molar-refractivity contribution < 1.29 is 4.42 Å². The second-order valence-electron chi connectivity index (χ2n) is 4.59. The number of benzene rings is 1. The van der Waals surface area contributed by atoms with Crippen LogP contribution in [0.1, 0.15) is 19.3 Å². The van der Waals surface area contributed by atoms with Crippen molar-refractivity contribution in [1.82, 2.24) is 0 Å². The van der Waals surface area contributed by atoms with E-state index < -0.39 is 0 Å². The molecule has 18 heavy (non-hydrogen) atoms. The zero-order chi connectivity index (χ0) is 12.5. The molecule has 0 unspecified atom stereocenters. The molecule has 0 saturated carbocycles. The van der Waals surface area contributed by atoms with Gasteiger partial charge >= 0.3 is 0 Å². The lowest BCUT2D eigenvalue weighted by atomic mass is 10.1. The van der Waals surface area contributed by atoms with Crippen molar-refractivity contribution in [3.8, 4) is 0 Å². The Morgan fingerprint density at radius 2 is 1.83 bits per heavy atom. The molecule has 1 fully saturated rings. The largest absolute Gasteiger partial charge is 0.439 e. The van der Waals surface area contributed by atoms with Crippen molar-refractivity contribution in [2.45, 2.75) is 19.3 Å². The SMILES string of the molecule is O=c1c(I)c(N2CCCCC2)oc2ccccc12. The van der Waals surface area contributed by atoms with Gasteiger partial charge in [0.25, 0.3) is 0 Å². The highest BCUT2D eigenvalue weighted by Crippen LogP contribution is 2.27. The summed E-state index contributed by atoms with van der Waals surface area (Å²) in [5.74, 6) is 0.749. The van der Waals surface area contributed by atoms with E-state index in [1.165, 1.54) is 19.3 Å². The van der Waals surface area contributed by atoms with E-state index in [-0.39, 0.29) is 5.43 Å². The minimum Gasteiger partial charge on any atom is -0.439 e. The summed E-state index contributed by atoms with van der Waals surface area (Å²) >= 11 is 2.11. The maximum Gasteiger partial charge on any atom is 0.213 e. The van der Waals surface area contributed by atoms with E-state index in [9.17, 15) is 4.79 Å². The molecule has 0 atom stereocenters. The van der Waals surface area contributed by atoms with Gasteiger partial charge in [-0.05, 0) is 54.0 Å². The van der Waals surface area contributed by atoms with E-state index >= 15 is 0 Å². The third kappa shape index (κ3) is 2.02. The van der Waals surface area contributed by atoms with Crippen LogP contribution in [0.15, 0.2) is 33.5 Å². The van der Waals surface area contributed by atoms with Gasteiger partial charge in [-0.3, -0.25) is 4.79 Å². The third-order valence-corrected chi connectivity index (χ3v) is 4.32. The van der Waals surface area contributed by atoms with Crippen LogP contribution in [0.25, 0.3) is 11.0 Å². The molecule has 1 aromatic carbocycles. The molecule has 0 aliphatic carbocycles. The predicted molar refractivity (Wildman–Crippen MR) is 81.3 cm³/mol. The fourth-order valence-electron chi connectivity index (χ4n) is 2.41. The molecule has 94 valence electrons. The molecule has 1 aliphatic rings. The Hall–Kier alpha value is -1.04. The molecule has 0 radical (unpaired) electrons. The van der Waals surface area contributed by atoms with E-state index in [1.54, 1.807) is 0 Å². The highest BCUT2D eigenvalue weighted by Gasteiger charge is 2.19. The summed E-state index contributed by atoms with van der Waals surface area (Å²) < 4.78 is 6.63. The number of hydrogen-bond donors (Lipinski definition) is 0. The third-order valence-electron chi connectivity index (χ3n) is 3.37. The van der Waals surface area contributed by atoms with Gasteiger partial charge in [0.2, 0.25) is 11.3 Å². The van der Waals surface area contributed by atoms with Gasteiger partial charge in [0, 0.05) is 13.1 Å². The summed E-state index contributed by atoms with van der Waals surface area (Å²) in [6, 6.07) is 7.46. The highest BCUT2D eigenvalue weighted by atomic mass is 127. The Morgan fingerprint density at radius 1 is 1.11 bits per heavy atom. The summed E-state index contributed by atoms with van der Waals surface area (Å²) in [5.41, 5.74) is 0.765. The second kappa shape index (κ2) is 4.91. The number of piperidine rings is 1. The van der Waals surface area contributed by atoms with Gasteiger partial charge in [-0.25, -0.2) is 0 Å². The minimum atomic E-state index is 0.0815. The van der Waals surface area contributed by atoms with Crippen molar-refractivity contribution in [1.29, 1.82) is 0 Å². The molecular formula is C14H14INO2. The van der Waals surface area contributed by atoms with E-state index in [1.807, 2.05) is 24.3 Å². The lowest BCUT2D eigenvalue weighted by molar-refractivity contribution is 0.510. The molecule has 2 heterocycles. The topological polar surface area (TPSA) is 33.5 Å². The van der Waals surface area contributed by atoms with Crippen LogP contribution in [0, 0.1) is 3.57 Å². The standard InChI is InChI=1S/C14H14INO2/c15-12-13(17)10-6-2-3-7-11(10)18-14(12)16-8-4-1-5-9-16/h2-3,6-7H,1,4-5,8-9H2. The smallest absolute Gasteiger partial charge is 0.213 e. The number of para-hydroxylation sites is 1. The van der Waals surface area contributed by atoms with E-state index in [4.69, 9.17) is 4.42 Å². The molecule has 1 aromatic heterocycles. The summed E-state index contributed by atoms with van der Waals surface area (Å²) in [4.78, 5) is 14.5. The van der Waals surface area contributed by atoms with Crippen LogP contribution in [-0.4, -0.2) is 13.1 Å². The number of anilines is 1. The number of halogens is 1. The fraction of sp³-hybridized carbons (Fsp3) is 0.357. The van der Waals surface area contributed by atoms with Gasteiger partial charge in [-0.2, -0.15) is 0 Å². The van der Waals surface area contributed by atoms with E-state index in [0.29, 0.717) is 14.5 Å². The lowest BCUT2D eigenvalue weighted by Gasteiger charge is -2.27. The van der Waals surface area contributed by atoms with Crippen LogP contribution < -0.4 is 10.3 Å². The summed E-state index contributed by atoms with van der Waals surface area (Å²) in [7, 11) is 0. The quantitative estimate of drug-likeness (QED) is 0.736. The van der Waals surface area contributed by atoms with Crippen LogP contribution in [0.2, 0.25) is 0 Å². The Bertz CT molecular complexity index is 629. The normalized spacial score (nSPS) is 16.2. The molecule has 2 aromatic rings. The number of fused-ring (bicyclic) bond motifs is 1. The van der Waals surface area contributed by atoms with Crippen LogP contribution in [0.5, 0.6) is 0 Å². The molecule has 0 bridgehead atoms. The molecular weight excluding hydrogens is 341 g/mol. The van der Waals surface area contributed by atoms with Crippen LogP contribution >= 0.6 is 22.6 Å². The van der Waals surface area contributed by atoms with E-state index in [2.05, 4.69) is 27.5 Å². The van der Waals surface area contributed by atoms with Crippen LogP contribution in [-0.2, 0) is 0 Å². The Morgan fingerprint density at radius 3 is 2.61 bits per heavy atom. The Kier molecular flexibility index (Phi) is 3.28. The van der Waals surface area contributed by atoms with Gasteiger partial charge < -0.3 is 9.32 Å². The lowest BCUT2D eigenvalue weighted by Crippen LogP contribution is -2.31. The first kappa shape index (κ1) is 12.0. The molecule has 3 nitrogen and oxygen atoms in total. The zero-order valence-corrected chi connectivity index (χ0v) is 12.1. The first-order valence-electron chi connectivity index (χ1n) is 6.23. The fourth-order valence-corrected chi connectivity index (χ4v) is 3.15. The molecule has 0 N–H and O–H groups in total. The van der Waals surface area contributed by atoms with Gasteiger partial charge in [-0.1, -0.05) is 12.1 Å². The summed E-state index contributed by atoms with van der Waals surface area (Å²) in [6.45, 7) is 1.97. The summed E-state index contributed by atoms with van der Waals surface area (Å²) in [6.07, 6.45) is 3.62. The van der Waals surface area contributed by atoms with Crippen molar-refractivity contribution in [3.63, 3.8) is 0 Å². The average molecular weight is 355 g/mol. The maximum absolute atomic E-state index is 12.3. The average Bonchev–Trinajstić information content (AvgIpc) is 2.44. The van der Waals surface area contributed by atoms with Crippen molar-refractivity contribution >= 4 is 39.4 Å². The maximum atomic E-state index is 12.3. The minimum absolute atomic E-state index is 0.0815. The Balaban J connectivity index is 2.17. The predicted octanol–water partition coefficient (Wildman–Crippen LogP) is 3.39. The first-order valence-corrected chi connectivity index (χ1v) is 7.31. The van der Waals surface area contributed by atoms with Crippen LogP contribution in [0.3, 0.4) is 0 Å². The van der Waals surface area contributed by atoms with E-state index in [0.717, 1.165) is 19.0 Å². The van der Waals surface area contributed by atoms with Crippen molar-refractivity contribution in [2.24, 2.45) is 0 Å². The number of rotatable bonds is 1. The number of nitrogens with zero attached hydrogens (tertiary/aromatic N) is 1. The molecule has 0 amide bonds. The zero-order valence-electron chi connectivity index (χ0n) is 9.99. The van der Waals surface area contributed by atoms with Gasteiger partial charge in [0.1, 0.15) is 9.15 Å². The Labute approximate surface area is 119 Å². The van der Waals surface area contributed by atoms with Crippen molar-refractivity contribution in [3.05, 3.63) is 38.1 Å². The molecule has 0 spiro atoms. The highest BCUT2D eigenvalue weighted by molar-refractivity contribution is 14.1. The monoisotopic (exact) mass is 355 g/mol. The molecule has 1 aliphatic heterocycles. The van der Waals surface area contributed by atoms with Gasteiger partial charge in [-0.15, -0.1) is 0 Å². The second-order valence-corrected chi connectivity index (χ2v) is 5.67. The molecule has 3 rings (SSSR count). The van der Waals surface area contributed by atoms with Crippen molar-refractivity contribution in [2.75, 3.05) is 18.0 Å². The molecule has 1 saturated heterocycles. The first-order chi connectivity index (χ1) is 8.77.